The number of hydrogen-bond acceptors (Lipinski definition) is 4. The van der Waals surface area contributed by atoms with Crippen LogP contribution in [0.5, 0.6) is 0 Å². The van der Waals surface area contributed by atoms with Gasteiger partial charge in [-0.3, -0.25) is 5.32 Å². The van der Waals surface area contributed by atoms with E-state index in [0.717, 1.165) is 42.5 Å². The van der Waals surface area contributed by atoms with Gasteiger partial charge in [0, 0.05) is 15.6 Å². The van der Waals surface area contributed by atoms with Crippen molar-refractivity contribution < 1.29 is 14.3 Å². The summed E-state index contributed by atoms with van der Waals surface area (Å²) >= 11 is 7.39. The maximum absolute atomic E-state index is 12.3. The van der Waals surface area contributed by atoms with Gasteiger partial charge in [0.15, 0.2) is 0 Å². The molecule has 132 valence electrons. The molecule has 0 bridgehead atoms. The highest BCUT2D eigenvalue weighted by Gasteiger charge is 2.26. The maximum atomic E-state index is 12.3. The minimum absolute atomic E-state index is 0.405. The van der Waals surface area contributed by atoms with Crippen molar-refractivity contribution in [1.29, 1.82) is 0 Å². The summed E-state index contributed by atoms with van der Waals surface area (Å²) < 4.78 is 4.94. The number of benzene rings is 1. The van der Waals surface area contributed by atoms with E-state index < -0.39 is 12.0 Å². The Morgan fingerprint density at radius 3 is 2.72 bits per heavy atom. The molecule has 0 unspecified atom stereocenters. The number of fused-ring (bicyclic) bond motifs is 1. The fourth-order valence-electron chi connectivity index (χ4n) is 2.98. The molecular formula is C18H19ClN2O3S. The molecule has 0 fully saturated rings. The number of nitrogens with one attached hydrogen (secondary N) is 2. The van der Waals surface area contributed by atoms with Gasteiger partial charge < -0.3 is 10.1 Å². The number of halogens is 1. The number of hydrogen-bond donors (Lipinski definition) is 2. The van der Waals surface area contributed by atoms with Gasteiger partial charge in [-0.25, -0.2) is 9.59 Å². The van der Waals surface area contributed by atoms with E-state index in [1.54, 1.807) is 24.3 Å². The third kappa shape index (κ3) is 4.14. The van der Waals surface area contributed by atoms with Crippen molar-refractivity contribution in [1.82, 2.24) is 0 Å². The number of urea groups is 1. The molecule has 5 nitrogen and oxygen atoms in total. The molecule has 0 aliphatic heterocycles. The molecule has 0 radical (unpaired) electrons. The first-order valence-electron chi connectivity index (χ1n) is 8.15. The molecule has 1 aromatic carbocycles. The molecule has 1 aromatic heterocycles. The lowest BCUT2D eigenvalue weighted by atomic mass is 10.1. The fraction of sp³-hybridized carbons (Fsp3) is 0.333. The molecule has 0 atom stereocenters. The Morgan fingerprint density at radius 1 is 1.16 bits per heavy atom. The van der Waals surface area contributed by atoms with Crippen LogP contribution in [0.1, 0.15) is 40.1 Å². The summed E-state index contributed by atoms with van der Waals surface area (Å²) in [6.07, 6.45) is 5.07. The van der Waals surface area contributed by atoms with Gasteiger partial charge in [-0.2, -0.15) is 0 Å². The number of methoxy groups -OCH3 is 1. The van der Waals surface area contributed by atoms with Crippen molar-refractivity contribution in [2.24, 2.45) is 0 Å². The van der Waals surface area contributed by atoms with Gasteiger partial charge in [0.25, 0.3) is 0 Å². The fourth-order valence-corrected chi connectivity index (χ4v) is 4.44. The summed E-state index contributed by atoms with van der Waals surface area (Å²) in [5, 5.41) is 6.60. The summed E-state index contributed by atoms with van der Waals surface area (Å²) in [6, 6.07) is 6.48. The number of amides is 2. The summed E-state index contributed by atoms with van der Waals surface area (Å²) in [6.45, 7) is 0. The number of rotatable bonds is 3. The van der Waals surface area contributed by atoms with Crippen LogP contribution in [-0.2, 0) is 17.6 Å². The normalized spacial score (nSPS) is 13.5. The largest absolute Gasteiger partial charge is 0.465 e. The van der Waals surface area contributed by atoms with E-state index in [1.165, 1.54) is 18.4 Å². The lowest BCUT2D eigenvalue weighted by Crippen LogP contribution is -2.20. The van der Waals surface area contributed by atoms with E-state index in [9.17, 15) is 9.59 Å². The summed E-state index contributed by atoms with van der Waals surface area (Å²) in [4.78, 5) is 25.7. The predicted molar refractivity (Wildman–Crippen MR) is 101 cm³/mol. The van der Waals surface area contributed by atoms with Crippen LogP contribution in [0, 0.1) is 0 Å². The van der Waals surface area contributed by atoms with E-state index >= 15 is 0 Å². The standard InChI is InChI=1S/C18H19ClN2O3S/c1-24-17(22)15-13-8-3-2-4-9-14(13)25-16(15)21-18(23)20-12-7-5-6-11(19)10-12/h5-7,10H,2-4,8-9H2,1H3,(H2,20,21,23). The topological polar surface area (TPSA) is 67.4 Å². The lowest BCUT2D eigenvalue weighted by Gasteiger charge is -2.09. The average Bonchev–Trinajstić information content (AvgIpc) is 2.75. The van der Waals surface area contributed by atoms with Gasteiger partial charge in [-0.1, -0.05) is 24.1 Å². The zero-order valence-corrected chi connectivity index (χ0v) is 15.4. The molecule has 0 saturated carbocycles. The van der Waals surface area contributed by atoms with E-state index in [-0.39, 0.29) is 0 Å². The van der Waals surface area contributed by atoms with Crippen molar-refractivity contribution in [2.45, 2.75) is 32.1 Å². The van der Waals surface area contributed by atoms with Gasteiger partial charge in [-0.05, 0) is 49.4 Å². The van der Waals surface area contributed by atoms with Crippen molar-refractivity contribution in [2.75, 3.05) is 17.7 Å². The molecule has 7 heteroatoms. The van der Waals surface area contributed by atoms with Crippen LogP contribution in [-0.4, -0.2) is 19.1 Å². The monoisotopic (exact) mass is 378 g/mol. The Kier molecular flexibility index (Phi) is 5.60. The highest BCUT2D eigenvalue weighted by molar-refractivity contribution is 7.17. The number of carbonyl (C=O) groups is 2. The number of esters is 1. The van der Waals surface area contributed by atoms with Crippen LogP contribution in [0.2, 0.25) is 5.02 Å². The zero-order chi connectivity index (χ0) is 17.8. The molecule has 3 rings (SSSR count). The van der Waals surface area contributed by atoms with E-state index in [2.05, 4.69) is 10.6 Å². The SMILES string of the molecule is COC(=O)c1c(NC(=O)Nc2cccc(Cl)c2)sc2c1CCCCC2. The molecule has 1 aliphatic rings. The maximum Gasteiger partial charge on any atom is 0.341 e. The number of ether oxygens (including phenoxy) is 1. The smallest absolute Gasteiger partial charge is 0.341 e. The van der Waals surface area contributed by atoms with Crippen LogP contribution in [0.4, 0.5) is 15.5 Å². The van der Waals surface area contributed by atoms with Gasteiger partial charge >= 0.3 is 12.0 Å². The Balaban J connectivity index is 1.83. The Morgan fingerprint density at radius 2 is 1.96 bits per heavy atom. The lowest BCUT2D eigenvalue weighted by molar-refractivity contribution is 0.0601. The molecule has 1 aliphatic carbocycles. The number of anilines is 2. The Bertz CT molecular complexity index is 804. The highest BCUT2D eigenvalue weighted by Crippen LogP contribution is 2.38. The zero-order valence-electron chi connectivity index (χ0n) is 13.9. The molecule has 2 aromatic rings. The van der Waals surface area contributed by atoms with Crippen molar-refractivity contribution in [3.63, 3.8) is 0 Å². The first-order valence-corrected chi connectivity index (χ1v) is 9.34. The van der Waals surface area contributed by atoms with Gasteiger partial charge in [0.1, 0.15) is 5.00 Å². The minimum atomic E-state index is -0.413. The van der Waals surface area contributed by atoms with Crippen LogP contribution in [0.15, 0.2) is 24.3 Å². The Labute approximate surface area is 155 Å². The average molecular weight is 379 g/mol. The summed E-state index contributed by atoms with van der Waals surface area (Å²) in [5.74, 6) is -0.405. The molecule has 2 amide bonds. The number of carbonyl (C=O) groups excluding carboxylic acids is 2. The van der Waals surface area contributed by atoms with Crippen LogP contribution in [0.3, 0.4) is 0 Å². The number of aryl methyl sites for hydroxylation is 1. The highest BCUT2D eigenvalue weighted by atomic mass is 35.5. The van der Waals surface area contributed by atoms with E-state index in [0.29, 0.717) is 21.3 Å². The quantitative estimate of drug-likeness (QED) is 0.576. The third-order valence-electron chi connectivity index (χ3n) is 4.12. The summed E-state index contributed by atoms with van der Waals surface area (Å²) in [5.41, 5.74) is 2.10. The molecule has 2 N–H and O–H groups in total. The molecule has 1 heterocycles. The second-order valence-corrected chi connectivity index (χ2v) is 7.39. The van der Waals surface area contributed by atoms with E-state index in [4.69, 9.17) is 16.3 Å². The van der Waals surface area contributed by atoms with Gasteiger partial charge in [0.2, 0.25) is 0 Å². The first kappa shape index (κ1) is 17.8. The number of thiophene rings is 1. The van der Waals surface area contributed by atoms with Crippen LogP contribution >= 0.6 is 22.9 Å². The third-order valence-corrected chi connectivity index (χ3v) is 5.56. The van der Waals surface area contributed by atoms with Crippen molar-refractivity contribution in [3.05, 3.63) is 45.3 Å². The van der Waals surface area contributed by atoms with Crippen molar-refractivity contribution in [3.8, 4) is 0 Å². The second-order valence-electron chi connectivity index (χ2n) is 5.85. The molecule has 0 spiro atoms. The Hall–Kier alpha value is -2.05. The molecular weight excluding hydrogens is 360 g/mol. The molecule has 0 saturated heterocycles. The summed E-state index contributed by atoms with van der Waals surface area (Å²) in [7, 11) is 1.36. The first-order chi connectivity index (χ1) is 12.1. The van der Waals surface area contributed by atoms with Crippen LogP contribution in [0.25, 0.3) is 0 Å². The molecule has 25 heavy (non-hydrogen) atoms. The van der Waals surface area contributed by atoms with E-state index in [1.807, 2.05) is 0 Å². The second kappa shape index (κ2) is 7.89. The predicted octanol–water partition coefficient (Wildman–Crippen LogP) is 5.10. The van der Waals surface area contributed by atoms with Crippen LogP contribution < -0.4 is 10.6 Å². The van der Waals surface area contributed by atoms with Crippen molar-refractivity contribution >= 4 is 45.6 Å². The van der Waals surface area contributed by atoms with Gasteiger partial charge in [0.05, 0.1) is 12.7 Å². The minimum Gasteiger partial charge on any atom is -0.465 e. The van der Waals surface area contributed by atoms with Gasteiger partial charge in [-0.15, -0.1) is 11.3 Å².